The molecule has 2 aromatic heterocycles. The van der Waals surface area contributed by atoms with Crippen molar-refractivity contribution in [2.45, 2.75) is 13.5 Å². The first-order chi connectivity index (χ1) is 10.5. The molecular formula is C12H14ClN5O3S. The van der Waals surface area contributed by atoms with Gasteiger partial charge in [-0.1, -0.05) is 11.6 Å². The Morgan fingerprint density at radius 2 is 2.27 bits per heavy atom. The summed E-state index contributed by atoms with van der Waals surface area (Å²) >= 11 is 7.10. The first kappa shape index (κ1) is 16.2. The van der Waals surface area contributed by atoms with Gasteiger partial charge in [-0.25, -0.2) is 9.78 Å². The molecule has 2 rings (SSSR count). The second-order valence-electron chi connectivity index (χ2n) is 4.16. The van der Waals surface area contributed by atoms with E-state index in [9.17, 15) is 9.59 Å². The SMILES string of the molecule is CCOC(=O)Nc1scnc1C(=O)NCc1nn(C)cc1Cl. The number of hydrogen-bond acceptors (Lipinski definition) is 6. The van der Waals surface area contributed by atoms with Crippen LogP contribution in [0, 0.1) is 0 Å². The lowest BCUT2D eigenvalue weighted by Crippen LogP contribution is -2.25. The predicted octanol–water partition coefficient (Wildman–Crippen LogP) is 2.03. The van der Waals surface area contributed by atoms with Crippen LogP contribution in [0.4, 0.5) is 9.80 Å². The van der Waals surface area contributed by atoms with E-state index in [-0.39, 0.29) is 18.8 Å². The molecule has 2 heterocycles. The third-order valence-electron chi connectivity index (χ3n) is 2.54. The van der Waals surface area contributed by atoms with E-state index in [0.717, 1.165) is 11.3 Å². The topological polar surface area (TPSA) is 98.1 Å². The molecule has 0 aromatic carbocycles. The van der Waals surface area contributed by atoms with Crippen LogP contribution in [0.3, 0.4) is 0 Å². The molecule has 2 N–H and O–H groups in total. The second kappa shape index (κ2) is 7.23. The van der Waals surface area contributed by atoms with Crippen molar-refractivity contribution in [3.8, 4) is 0 Å². The number of nitrogens with zero attached hydrogens (tertiary/aromatic N) is 3. The Labute approximate surface area is 135 Å². The molecule has 0 saturated carbocycles. The van der Waals surface area contributed by atoms with Gasteiger partial charge in [0.2, 0.25) is 0 Å². The standard InChI is InChI=1S/C12H14ClN5O3S/c1-3-21-12(20)16-11-9(15-6-22-11)10(19)14-4-8-7(13)5-18(2)17-8/h5-6H,3-4H2,1-2H3,(H,14,19)(H,16,20). The van der Waals surface area contributed by atoms with Crippen LogP contribution in [0.15, 0.2) is 11.7 Å². The number of amides is 2. The number of aryl methyl sites for hydroxylation is 1. The van der Waals surface area contributed by atoms with E-state index in [0.29, 0.717) is 15.7 Å². The molecular weight excluding hydrogens is 330 g/mol. The van der Waals surface area contributed by atoms with E-state index in [1.807, 2.05) is 0 Å². The van der Waals surface area contributed by atoms with Crippen molar-refractivity contribution in [2.75, 3.05) is 11.9 Å². The summed E-state index contributed by atoms with van der Waals surface area (Å²) in [5, 5.41) is 10.0. The monoisotopic (exact) mass is 343 g/mol. The van der Waals surface area contributed by atoms with E-state index >= 15 is 0 Å². The molecule has 118 valence electrons. The Kier molecular flexibility index (Phi) is 5.34. The smallest absolute Gasteiger partial charge is 0.412 e. The Bertz CT molecular complexity index is 684. The predicted molar refractivity (Wildman–Crippen MR) is 82.1 cm³/mol. The maximum Gasteiger partial charge on any atom is 0.412 e. The van der Waals surface area contributed by atoms with Gasteiger partial charge in [-0.2, -0.15) is 5.10 Å². The van der Waals surface area contributed by atoms with Crippen LogP contribution in [0.2, 0.25) is 5.02 Å². The summed E-state index contributed by atoms with van der Waals surface area (Å²) in [5.74, 6) is -0.435. The number of rotatable bonds is 5. The highest BCUT2D eigenvalue weighted by Gasteiger charge is 2.18. The summed E-state index contributed by atoms with van der Waals surface area (Å²) in [7, 11) is 1.74. The Morgan fingerprint density at radius 3 is 2.91 bits per heavy atom. The van der Waals surface area contributed by atoms with Crippen molar-refractivity contribution < 1.29 is 14.3 Å². The second-order valence-corrected chi connectivity index (χ2v) is 5.42. The van der Waals surface area contributed by atoms with Gasteiger partial charge in [-0.15, -0.1) is 11.3 Å². The molecule has 0 aliphatic rings. The van der Waals surface area contributed by atoms with E-state index in [1.54, 1.807) is 24.9 Å². The maximum atomic E-state index is 12.1. The van der Waals surface area contributed by atoms with E-state index in [4.69, 9.17) is 16.3 Å². The molecule has 0 spiro atoms. The van der Waals surface area contributed by atoms with Crippen molar-refractivity contribution in [1.82, 2.24) is 20.1 Å². The van der Waals surface area contributed by atoms with E-state index in [1.165, 1.54) is 5.51 Å². The highest BCUT2D eigenvalue weighted by molar-refractivity contribution is 7.14. The maximum absolute atomic E-state index is 12.1. The lowest BCUT2D eigenvalue weighted by atomic mass is 10.4. The fourth-order valence-electron chi connectivity index (χ4n) is 1.63. The summed E-state index contributed by atoms with van der Waals surface area (Å²) in [6.45, 7) is 2.09. The minimum absolute atomic E-state index is 0.116. The number of carbonyl (C=O) groups excluding carboxylic acids is 2. The molecule has 22 heavy (non-hydrogen) atoms. The Morgan fingerprint density at radius 1 is 1.50 bits per heavy atom. The van der Waals surface area contributed by atoms with Gasteiger partial charge >= 0.3 is 6.09 Å². The molecule has 0 fully saturated rings. The zero-order chi connectivity index (χ0) is 16.1. The number of halogens is 1. The third kappa shape index (κ3) is 3.95. The zero-order valence-electron chi connectivity index (χ0n) is 11.9. The van der Waals surface area contributed by atoms with Crippen LogP contribution in [-0.2, 0) is 18.3 Å². The number of hydrogen-bond donors (Lipinski definition) is 2. The van der Waals surface area contributed by atoms with Gasteiger partial charge < -0.3 is 10.1 Å². The van der Waals surface area contributed by atoms with E-state index in [2.05, 4.69) is 20.7 Å². The fourth-order valence-corrected chi connectivity index (χ4v) is 2.54. The molecule has 0 saturated heterocycles. The van der Waals surface area contributed by atoms with Crippen LogP contribution in [-0.4, -0.2) is 33.4 Å². The van der Waals surface area contributed by atoms with Crippen molar-refractivity contribution in [3.05, 3.63) is 28.1 Å². The molecule has 0 bridgehead atoms. The molecule has 8 nitrogen and oxygen atoms in total. The molecule has 0 unspecified atom stereocenters. The van der Waals surface area contributed by atoms with Crippen LogP contribution < -0.4 is 10.6 Å². The quantitative estimate of drug-likeness (QED) is 0.865. The summed E-state index contributed by atoms with van der Waals surface area (Å²) in [5.41, 5.74) is 2.13. The number of anilines is 1. The van der Waals surface area contributed by atoms with Gasteiger partial charge in [0.15, 0.2) is 5.69 Å². The minimum atomic E-state index is -0.631. The van der Waals surface area contributed by atoms with Gasteiger partial charge in [0.1, 0.15) is 10.7 Å². The highest BCUT2D eigenvalue weighted by atomic mass is 35.5. The number of aromatic nitrogens is 3. The molecule has 2 aromatic rings. The number of ether oxygens (including phenoxy) is 1. The van der Waals surface area contributed by atoms with E-state index < -0.39 is 12.0 Å². The lowest BCUT2D eigenvalue weighted by Gasteiger charge is -2.05. The van der Waals surface area contributed by atoms with Gasteiger partial charge in [0, 0.05) is 13.2 Å². The van der Waals surface area contributed by atoms with Crippen LogP contribution >= 0.6 is 22.9 Å². The molecule has 0 aliphatic carbocycles. The average Bonchev–Trinajstić information content (AvgIpc) is 3.03. The first-order valence-electron chi connectivity index (χ1n) is 6.34. The first-order valence-corrected chi connectivity index (χ1v) is 7.60. The molecule has 2 amide bonds. The van der Waals surface area contributed by atoms with Crippen molar-refractivity contribution in [1.29, 1.82) is 0 Å². The minimum Gasteiger partial charge on any atom is -0.450 e. The summed E-state index contributed by atoms with van der Waals surface area (Å²) in [6.07, 6.45) is 1.01. The van der Waals surface area contributed by atoms with Gasteiger partial charge in [0.05, 0.1) is 23.7 Å². The van der Waals surface area contributed by atoms with Crippen molar-refractivity contribution in [2.24, 2.45) is 7.05 Å². The van der Waals surface area contributed by atoms with Gasteiger partial charge in [-0.3, -0.25) is 14.8 Å². The van der Waals surface area contributed by atoms with Crippen molar-refractivity contribution in [3.63, 3.8) is 0 Å². The average molecular weight is 344 g/mol. The largest absolute Gasteiger partial charge is 0.450 e. The molecule has 0 atom stereocenters. The number of carbonyl (C=O) groups is 2. The fraction of sp³-hybridized carbons (Fsp3) is 0.333. The normalized spacial score (nSPS) is 10.3. The number of thiazole rings is 1. The highest BCUT2D eigenvalue weighted by Crippen LogP contribution is 2.20. The zero-order valence-corrected chi connectivity index (χ0v) is 13.5. The Balaban J connectivity index is 2.00. The van der Waals surface area contributed by atoms with Crippen molar-refractivity contribution >= 4 is 39.9 Å². The molecule has 10 heteroatoms. The van der Waals surface area contributed by atoms with Gasteiger partial charge in [-0.05, 0) is 6.92 Å². The van der Waals surface area contributed by atoms with Crippen LogP contribution in [0.25, 0.3) is 0 Å². The number of nitrogens with one attached hydrogen (secondary N) is 2. The Hall–Kier alpha value is -2.13. The van der Waals surface area contributed by atoms with Gasteiger partial charge in [0.25, 0.3) is 5.91 Å². The summed E-state index contributed by atoms with van der Waals surface area (Å²) in [6, 6.07) is 0. The third-order valence-corrected chi connectivity index (χ3v) is 3.60. The van der Waals surface area contributed by atoms with Crippen LogP contribution in [0.1, 0.15) is 23.1 Å². The molecule has 0 aliphatic heterocycles. The summed E-state index contributed by atoms with van der Waals surface area (Å²) < 4.78 is 6.32. The van der Waals surface area contributed by atoms with Crippen LogP contribution in [0.5, 0.6) is 0 Å². The summed E-state index contributed by atoms with van der Waals surface area (Å²) in [4.78, 5) is 27.5. The lowest BCUT2D eigenvalue weighted by molar-refractivity contribution is 0.0947. The molecule has 0 radical (unpaired) electrons.